The van der Waals surface area contributed by atoms with E-state index in [9.17, 15) is 0 Å². The van der Waals surface area contributed by atoms with E-state index in [-0.39, 0.29) is 0 Å². The summed E-state index contributed by atoms with van der Waals surface area (Å²) in [7, 11) is 1.63. The molecule has 22 heavy (non-hydrogen) atoms. The first-order valence-corrected chi connectivity index (χ1v) is 7.35. The lowest BCUT2D eigenvalue weighted by Gasteiger charge is -2.07. The molecule has 0 aliphatic rings. The van der Waals surface area contributed by atoms with Gasteiger partial charge in [0.15, 0.2) is 5.96 Å². The van der Waals surface area contributed by atoms with Crippen molar-refractivity contribution in [2.75, 3.05) is 12.4 Å². The van der Waals surface area contributed by atoms with Crippen LogP contribution < -0.4 is 15.8 Å². The molecule has 0 spiro atoms. The SMILES string of the molecule is CCc1noc(CC)c1CN=C(N)Nc1ccc(OC)cc1. The van der Waals surface area contributed by atoms with Gasteiger partial charge in [0.2, 0.25) is 0 Å². The number of aromatic nitrogens is 1. The molecule has 0 unspecified atom stereocenters. The topological polar surface area (TPSA) is 85.7 Å². The van der Waals surface area contributed by atoms with Crippen LogP contribution in [0.1, 0.15) is 30.9 Å². The Morgan fingerprint density at radius 1 is 1.27 bits per heavy atom. The van der Waals surface area contributed by atoms with E-state index < -0.39 is 0 Å². The molecule has 2 aromatic rings. The van der Waals surface area contributed by atoms with Crippen LogP contribution in [-0.2, 0) is 19.4 Å². The molecule has 0 radical (unpaired) electrons. The number of ether oxygens (including phenoxy) is 1. The highest BCUT2D eigenvalue weighted by Crippen LogP contribution is 2.17. The molecular formula is C16H22N4O2. The van der Waals surface area contributed by atoms with E-state index in [0.29, 0.717) is 12.5 Å². The highest BCUT2D eigenvalue weighted by atomic mass is 16.5. The fourth-order valence-corrected chi connectivity index (χ4v) is 2.14. The Bertz CT molecular complexity index is 611. The van der Waals surface area contributed by atoms with Crippen molar-refractivity contribution in [3.8, 4) is 5.75 Å². The van der Waals surface area contributed by atoms with Gasteiger partial charge < -0.3 is 20.3 Å². The molecule has 2 rings (SSSR count). The van der Waals surface area contributed by atoms with Gasteiger partial charge in [-0.2, -0.15) is 0 Å². The predicted molar refractivity (Wildman–Crippen MR) is 87.2 cm³/mol. The molecule has 1 aromatic carbocycles. The van der Waals surface area contributed by atoms with Crippen LogP contribution in [0.25, 0.3) is 0 Å². The number of aliphatic imine (C=N–C) groups is 1. The number of rotatable bonds is 6. The smallest absolute Gasteiger partial charge is 0.193 e. The van der Waals surface area contributed by atoms with Gasteiger partial charge in [-0.1, -0.05) is 19.0 Å². The molecule has 1 heterocycles. The Kier molecular flexibility index (Phi) is 5.41. The van der Waals surface area contributed by atoms with Crippen LogP contribution in [0.4, 0.5) is 5.69 Å². The molecule has 0 saturated heterocycles. The second-order valence-corrected chi connectivity index (χ2v) is 4.79. The average Bonchev–Trinajstić information content (AvgIpc) is 2.95. The quantitative estimate of drug-likeness (QED) is 0.633. The summed E-state index contributed by atoms with van der Waals surface area (Å²) < 4.78 is 10.4. The van der Waals surface area contributed by atoms with Gasteiger partial charge in [0.1, 0.15) is 11.5 Å². The van der Waals surface area contributed by atoms with Crippen LogP contribution in [-0.4, -0.2) is 18.2 Å². The number of nitrogens with zero attached hydrogens (tertiary/aromatic N) is 2. The summed E-state index contributed by atoms with van der Waals surface area (Å²) in [5.41, 5.74) is 8.77. The van der Waals surface area contributed by atoms with Crippen molar-refractivity contribution in [2.45, 2.75) is 33.2 Å². The molecular weight excluding hydrogens is 280 g/mol. The van der Waals surface area contributed by atoms with E-state index in [2.05, 4.69) is 15.5 Å². The van der Waals surface area contributed by atoms with Gasteiger partial charge in [0, 0.05) is 17.7 Å². The van der Waals surface area contributed by atoms with E-state index in [1.165, 1.54) is 0 Å². The molecule has 118 valence electrons. The molecule has 0 aliphatic heterocycles. The second-order valence-electron chi connectivity index (χ2n) is 4.79. The van der Waals surface area contributed by atoms with Crippen LogP contribution in [0, 0.1) is 0 Å². The standard InChI is InChI=1S/C16H22N4O2/c1-4-14-13(15(5-2)22-20-14)10-18-16(17)19-11-6-8-12(21-3)9-7-11/h6-9H,4-5,10H2,1-3H3,(H3,17,18,19). The highest BCUT2D eigenvalue weighted by Gasteiger charge is 2.12. The third-order valence-corrected chi connectivity index (χ3v) is 3.38. The molecule has 0 atom stereocenters. The molecule has 0 amide bonds. The first kappa shape index (κ1) is 15.9. The third kappa shape index (κ3) is 3.78. The molecule has 0 aliphatic carbocycles. The summed E-state index contributed by atoms with van der Waals surface area (Å²) in [5, 5.41) is 7.12. The maximum atomic E-state index is 5.93. The van der Waals surface area contributed by atoms with Gasteiger partial charge in [-0.15, -0.1) is 0 Å². The summed E-state index contributed by atoms with van der Waals surface area (Å²) in [5.74, 6) is 2.03. The Labute approximate surface area is 130 Å². The van der Waals surface area contributed by atoms with Crippen LogP contribution >= 0.6 is 0 Å². The molecule has 0 saturated carbocycles. The highest BCUT2D eigenvalue weighted by molar-refractivity contribution is 5.92. The minimum atomic E-state index is 0.357. The third-order valence-electron chi connectivity index (χ3n) is 3.38. The molecule has 0 bridgehead atoms. The number of nitrogens with one attached hydrogen (secondary N) is 1. The first-order valence-electron chi connectivity index (χ1n) is 7.35. The second kappa shape index (κ2) is 7.49. The largest absolute Gasteiger partial charge is 0.497 e. The van der Waals surface area contributed by atoms with Crippen molar-refractivity contribution in [2.24, 2.45) is 10.7 Å². The van der Waals surface area contributed by atoms with Gasteiger partial charge in [0.05, 0.1) is 19.3 Å². The van der Waals surface area contributed by atoms with E-state index in [1.54, 1.807) is 7.11 Å². The summed E-state index contributed by atoms with van der Waals surface area (Å²) in [6, 6.07) is 7.49. The average molecular weight is 302 g/mol. The van der Waals surface area contributed by atoms with Gasteiger partial charge >= 0.3 is 0 Å². The van der Waals surface area contributed by atoms with Crippen molar-refractivity contribution in [1.82, 2.24) is 5.16 Å². The number of nitrogens with two attached hydrogens (primary N) is 1. The molecule has 1 aromatic heterocycles. The van der Waals surface area contributed by atoms with E-state index in [1.807, 2.05) is 38.1 Å². The zero-order valence-electron chi connectivity index (χ0n) is 13.2. The monoisotopic (exact) mass is 302 g/mol. The zero-order chi connectivity index (χ0) is 15.9. The zero-order valence-corrected chi connectivity index (χ0v) is 13.2. The molecule has 6 heteroatoms. The predicted octanol–water partition coefficient (Wildman–Crippen LogP) is 2.73. The molecule has 6 nitrogen and oxygen atoms in total. The van der Waals surface area contributed by atoms with Crippen molar-refractivity contribution < 1.29 is 9.26 Å². The number of benzene rings is 1. The fourth-order valence-electron chi connectivity index (χ4n) is 2.14. The van der Waals surface area contributed by atoms with Gasteiger partial charge in [-0.25, -0.2) is 4.99 Å². The lowest BCUT2D eigenvalue weighted by atomic mass is 10.1. The van der Waals surface area contributed by atoms with Gasteiger partial charge in [-0.3, -0.25) is 0 Å². The fraction of sp³-hybridized carbons (Fsp3) is 0.375. The normalized spacial score (nSPS) is 11.5. The Morgan fingerprint density at radius 2 is 2.00 bits per heavy atom. The number of aryl methyl sites for hydroxylation is 2. The van der Waals surface area contributed by atoms with Crippen molar-refractivity contribution in [3.05, 3.63) is 41.3 Å². The van der Waals surface area contributed by atoms with Crippen LogP contribution in [0.2, 0.25) is 0 Å². The maximum Gasteiger partial charge on any atom is 0.193 e. The van der Waals surface area contributed by atoms with Gasteiger partial charge in [0.25, 0.3) is 0 Å². The van der Waals surface area contributed by atoms with Crippen molar-refractivity contribution in [3.63, 3.8) is 0 Å². The van der Waals surface area contributed by atoms with Crippen LogP contribution in [0.15, 0.2) is 33.8 Å². The lowest BCUT2D eigenvalue weighted by molar-refractivity contribution is 0.380. The number of anilines is 1. The van der Waals surface area contributed by atoms with E-state index >= 15 is 0 Å². The number of hydrogen-bond acceptors (Lipinski definition) is 4. The number of guanidine groups is 1. The minimum absolute atomic E-state index is 0.357. The summed E-state index contributed by atoms with van der Waals surface area (Å²) in [6.45, 7) is 4.54. The van der Waals surface area contributed by atoms with Crippen LogP contribution in [0.3, 0.4) is 0 Å². The first-order chi connectivity index (χ1) is 10.7. The summed E-state index contributed by atoms with van der Waals surface area (Å²) in [4.78, 5) is 4.37. The molecule has 0 fully saturated rings. The maximum absolute atomic E-state index is 5.93. The van der Waals surface area contributed by atoms with Gasteiger partial charge in [-0.05, 0) is 30.7 Å². The minimum Gasteiger partial charge on any atom is -0.497 e. The van der Waals surface area contributed by atoms with Crippen molar-refractivity contribution >= 4 is 11.6 Å². The number of methoxy groups -OCH3 is 1. The van der Waals surface area contributed by atoms with E-state index in [4.69, 9.17) is 15.0 Å². The summed E-state index contributed by atoms with van der Waals surface area (Å²) in [6.07, 6.45) is 1.61. The molecule has 3 N–H and O–H groups in total. The Morgan fingerprint density at radius 3 is 2.59 bits per heavy atom. The van der Waals surface area contributed by atoms with Crippen molar-refractivity contribution in [1.29, 1.82) is 0 Å². The Hall–Kier alpha value is -2.50. The van der Waals surface area contributed by atoms with E-state index in [0.717, 1.165) is 41.3 Å². The number of hydrogen-bond donors (Lipinski definition) is 2. The van der Waals surface area contributed by atoms with Crippen LogP contribution in [0.5, 0.6) is 5.75 Å². The Balaban J connectivity index is 2.04. The lowest BCUT2D eigenvalue weighted by Crippen LogP contribution is -2.22. The summed E-state index contributed by atoms with van der Waals surface area (Å²) >= 11 is 0.